The number of aromatic nitrogens is 1. The summed E-state index contributed by atoms with van der Waals surface area (Å²) in [6, 6.07) is 7.31. The van der Waals surface area contributed by atoms with Gasteiger partial charge in [-0.2, -0.15) is 0 Å². The number of rotatable bonds is 3. The Labute approximate surface area is 125 Å². The second kappa shape index (κ2) is 5.92. The lowest BCUT2D eigenvalue weighted by atomic mass is 10.2. The van der Waals surface area contributed by atoms with E-state index in [2.05, 4.69) is 26.2 Å². The van der Waals surface area contributed by atoms with Gasteiger partial charge in [0, 0.05) is 10.2 Å². The Morgan fingerprint density at radius 3 is 2.80 bits per heavy atom. The molecule has 2 aromatic rings. The van der Waals surface area contributed by atoms with E-state index < -0.39 is 5.97 Å². The fourth-order valence-electron chi connectivity index (χ4n) is 1.65. The minimum Gasteiger partial charge on any atom is -0.465 e. The van der Waals surface area contributed by atoms with Crippen molar-refractivity contribution in [3.05, 3.63) is 46.1 Å². The molecule has 0 aliphatic rings. The third-order valence-corrected chi connectivity index (χ3v) is 3.60. The van der Waals surface area contributed by atoms with Crippen LogP contribution in [0.5, 0.6) is 0 Å². The number of nitrogen functional groups attached to an aromatic ring is 1. The Kier molecular flexibility index (Phi) is 4.24. The topological polar surface area (TPSA) is 77.2 Å². The van der Waals surface area contributed by atoms with Crippen molar-refractivity contribution in [2.75, 3.05) is 18.2 Å². The second-order valence-electron chi connectivity index (χ2n) is 4.25. The normalized spacial score (nSPS) is 10.2. The number of nitrogens with one attached hydrogen (secondary N) is 1. The first-order valence-electron chi connectivity index (χ1n) is 5.88. The molecule has 0 atom stereocenters. The molecule has 5 nitrogen and oxygen atoms in total. The van der Waals surface area contributed by atoms with Gasteiger partial charge in [-0.25, -0.2) is 9.78 Å². The van der Waals surface area contributed by atoms with Crippen LogP contribution in [0.3, 0.4) is 0 Å². The van der Waals surface area contributed by atoms with Crippen LogP contribution in [0.25, 0.3) is 0 Å². The van der Waals surface area contributed by atoms with E-state index in [1.807, 2.05) is 25.1 Å². The molecule has 0 spiro atoms. The third kappa shape index (κ3) is 3.08. The highest BCUT2D eigenvalue weighted by molar-refractivity contribution is 9.10. The summed E-state index contributed by atoms with van der Waals surface area (Å²) < 4.78 is 5.70. The van der Waals surface area contributed by atoms with Gasteiger partial charge in [0.1, 0.15) is 11.4 Å². The third-order valence-electron chi connectivity index (χ3n) is 2.75. The van der Waals surface area contributed by atoms with Gasteiger partial charge in [0.2, 0.25) is 0 Å². The molecule has 0 unspecified atom stereocenters. The van der Waals surface area contributed by atoms with Gasteiger partial charge in [-0.05, 0) is 30.7 Å². The molecule has 0 saturated carbocycles. The van der Waals surface area contributed by atoms with Crippen molar-refractivity contribution in [2.24, 2.45) is 0 Å². The summed E-state index contributed by atoms with van der Waals surface area (Å²) in [5.74, 6) is -0.0831. The molecular formula is C14H14BrN3O2. The largest absolute Gasteiger partial charge is 0.465 e. The molecule has 0 bridgehead atoms. The maximum atomic E-state index is 11.7. The summed E-state index contributed by atoms with van der Waals surface area (Å²) >= 11 is 3.46. The van der Waals surface area contributed by atoms with Gasteiger partial charge in [-0.15, -0.1) is 0 Å². The zero-order chi connectivity index (χ0) is 14.7. The van der Waals surface area contributed by atoms with Crippen molar-refractivity contribution in [3.63, 3.8) is 0 Å². The average molecular weight is 336 g/mol. The van der Waals surface area contributed by atoms with E-state index in [4.69, 9.17) is 10.5 Å². The molecule has 0 aliphatic carbocycles. The molecule has 6 heteroatoms. The number of ether oxygens (including phenoxy) is 1. The monoisotopic (exact) mass is 335 g/mol. The van der Waals surface area contributed by atoms with E-state index in [9.17, 15) is 4.79 Å². The number of halogens is 1. The molecule has 0 aliphatic heterocycles. The Bertz CT molecular complexity index is 659. The first kappa shape index (κ1) is 14.3. The van der Waals surface area contributed by atoms with Gasteiger partial charge in [0.25, 0.3) is 0 Å². The van der Waals surface area contributed by atoms with Crippen LogP contribution in [0.15, 0.2) is 34.9 Å². The molecule has 3 N–H and O–H groups in total. The number of esters is 1. The maximum Gasteiger partial charge on any atom is 0.341 e. The Morgan fingerprint density at radius 2 is 2.15 bits per heavy atom. The Hall–Kier alpha value is -2.08. The highest BCUT2D eigenvalue weighted by Crippen LogP contribution is 2.25. The van der Waals surface area contributed by atoms with Crippen LogP contribution < -0.4 is 11.1 Å². The molecular weight excluding hydrogens is 322 g/mol. The number of aryl methyl sites for hydroxylation is 1. The minimum atomic E-state index is -0.488. The van der Waals surface area contributed by atoms with Crippen LogP contribution in [-0.4, -0.2) is 18.1 Å². The molecule has 20 heavy (non-hydrogen) atoms. The van der Waals surface area contributed by atoms with E-state index >= 15 is 0 Å². The number of carbonyl (C=O) groups is 1. The van der Waals surface area contributed by atoms with Crippen LogP contribution in [-0.2, 0) is 4.74 Å². The standard InChI is InChI=1S/C14H14BrN3O2/c1-8-3-4-10(6-12(8)15)18-13-11(14(19)20-2)5-9(16)7-17-13/h3-7H,16H2,1-2H3,(H,17,18). The first-order valence-corrected chi connectivity index (χ1v) is 6.67. The second-order valence-corrected chi connectivity index (χ2v) is 5.10. The minimum absolute atomic E-state index is 0.296. The quantitative estimate of drug-likeness (QED) is 0.842. The predicted octanol–water partition coefficient (Wildman–Crippen LogP) is 3.26. The van der Waals surface area contributed by atoms with Crippen LogP contribution in [0.4, 0.5) is 17.2 Å². The molecule has 0 radical (unpaired) electrons. The van der Waals surface area contributed by atoms with E-state index in [0.29, 0.717) is 17.1 Å². The Balaban J connectivity index is 2.37. The van der Waals surface area contributed by atoms with E-state index in [1.54, 1.807) is 0 Å². The number of pyridine rings is 1. The van der Waals surface area contributed by atoms with Crippen LogP contribution in [0.2, 0.25) is 0 Å². The van der Waals surface area contributed by atoms with Gasteiger partial charge in [0.15, 0.2) is 0 Å². The summed E-state index contributed by atoms with van der Waals surface area (Å²) in [6.07, 6.45) is 1.48. The van der Waals surface area contributed by atoms with Gasteiger partial charge >= 0.3 is 5.97 Å². The molecule has 2 rings (SSSR count). The van der Waals surface area contributed by atoms with Crippen molar-refractivity contribution < 1.29 is 9.53 Å². The lowest BCUT2D eigenvalue weighted by Crippen LogP contribution is -2.08. The number of carbonyl (C=O) groups excluding carboxylic acids is 1. The van der Waals surface area contributed by atoms with Gasteiger partial charge in [-0.1, -0.05) is 22.0 Å². The highest BCUT2D eigenvalue weighted by atomic mass is 79.9. The van der Waals surface area contributed by atoms with Crippen molar-refractivity contribution in [1.29, 1.82) is 0 Å². The molecule has 1 aromatic carbocycles. The molecule has 0 saturated heterocycles. The molecule has 0 amide bonds. The summed E-state index contributed by atoms with van der Waals surface area (Å²) in [4.78, 5) is 15.9. The maximum absolute atomic E-state index is 11.7. The lowest BCUT2D eigenvalue weighted by Gasteiger charge is -2.11. The van der Waals surface area contributed by atoms with Crippen LogP contribution >= 0.6 is 15.9 Å². The number of methoxy groups -OCH3 is 1. The predicted molar refractivity (Wildman–Crippen MR) is 82.2 cm³/mol. The number of hydrogen-bond donors (Lipinski definition) is 2. The smallest absolute Gasteiger partial charge is 0.341 e. The summed E-state index contributed by atoms with van der Waals surface area (Å²) in [7, 11) is 1.32. The Morgan fingerprint density at radius 1 is 1.40 bits per heavy atom. The summed E-state index contributed by atoms with van der Waals surface area (Å²) in [5, 5.41) is 3.09. The molecule has 1 heterocycles. The van der Waals surface area contributed by atoms with Crippen LogP contribution in [0.1, 0.15) is 15.9 Å². The molecule has 0 fully saturated rings. The van der Waals surface area contributed by atoms with Crippen molar-refractivity contribution >= 4 is 39.1 Å². The van der Waals surface area contributed by atoms with Crippen molar-refractivity contribution in [3.8, 4) is 0 Å². The summed E-state index contributed by atoms with van der Waals surface area (Å²) in [5.41, 5.74) is 8.28. The number of benzene rings is 1. The lowest BCUT2D eigenvalue weighted by molar-refractivity contribution is 0.0601. The number of anilines is 3. The van der Waals surface area contributed by atoms with Gasteiger partial charge in [-0.3, -0.25) is 0 Å². The van der Waals surface area contributed by atoms with E-state index in [1.165, 1.54) is 19.4 Å². The zero-order valence-corrected chi connectivity index (χ0v) is 12.7. The first-order chi connectivity index (χ1) is 9.51. The fraction of sp³-hybridized carbons (Fsp3) is 0.143. The molecule has 104 valence electrons. The van der Waals surface area contributed by atoms with Gasteiger partial charge < -0.3 is 15.8 Å². The van der Waals surface area contributed by atoms with E-state index in [-0.39, 0.29) is 0 Å². The SMILES string of the molecule is COC(=O)c1cc(N)cnc1Nc1ccc(C)c(Br)c1. The fourth-order valence-corrected chi connectivity index (χ4v) is 2.03. The van der Waals surface area contributed by atoms with Crippen molar-refractivity contribution in [2.45, 2.75) is 6.92 Å². The van der Waals surface area contributed by atoms with Crippen LogP contribution in [0, 0.1) is 6.92 Å². The summed E-state index contributed by atoms with van der Waals surface area (Å²) in [6.45, 7) is 2.00. The van der Waals surface area contributed by atoms with Crippen molar-refractivity contribution in [1.82, 2.24) is 4.98 Å². The number of nitrogens with zero attached hydrogens (tertiary/aromatic N) is 1. The highest BCUT2D eigenvalue weighted by Gasteiger charge is 2.14. The van der Waals surface area contributed by atoms with E-state index in [0.717, 1.165) is 15.7 Å². The number of hydrogen-bond acceptors (Lipinski definition) is 5. The van der Waals surface area contributed by atoms with Gasteiger partial charge in [0.05, 0.1) is 19.0 Å². The number of nitrogens with two attached hydrogens (primary N) is 1. The zero-order valence-electron chi connectivity index (χ0n) is 11.1. The molecule has 1 aromatic heterocycles. The average Bonchev–Trinajstić information content (AvgIpc) is 2.44.